The smallest absolute Gasteiger partial charge is 0.322 e. The van der Waals surface area contributed by atoms with Crippen molar-refractivity contribution in [3.8, 4) is 11.5 Å². The molecule has 0 aromatic heterocycles. The van der Waals surface area contributed by atoms with Crippen LogP contribution in [-0.2, 0) is 4.79 Å². The minimum atomic E-state index is -0.295. The van der Waals surface area contributed by atoms with Crippen molar-refractivity contribution in [1.82, 2.24) is 4.90 Å². The first-order valence-corrected chi connectivity index (χ1v) is 8.67. The van der Waals surface area contributed by atoms with Gasteiger partial charge in [0.05, 0.1) is 19.9 Å². The predicted octanol–water partition coefficient (Wildman–Crippen LogP) is 2.89. The van der Waals surface area contributed by atoms with Gasteiger partial charge in [0.1, 0.15) is 18.0 Å². The summed E-state index contributed by atoms with van der Waals surface area (Å²) in [6, 6.07) is 12.5. The molecule has 2 aromatic rings. The standard InChI is InChI=1S/C20H23N3O4/c1-14-12-15(26-2)8-9-16(14)21-20(25)22-10-11-23(19(24)13-22)17-6-4-5-7-18(17)27-3/h4-9,12H,10-11,13H2,1-3H3,(H,21,25). The fourth-order valence-corrected chi connectivity index (χ4v) is 3.05. The van der Waals surface area contributed by atoms with E-state index in [1.807, 2.05) is 37.3 Å². The monoisotopic (exact) mass is 369 g/mol. The number of hydrogen-bond donors (Lipinski definition) is 1. The van der Waals surface area contributed by atoms with E-state index in [1.165, 1.54) is 4.90 Å². The number of para-hydroxylation sites is 2. The maximum absolute atomic E-state index is 12.6. The zero-order chi connectivity index (χ0) is 19.4. The summed E-state index contributed by atoms with van der Waals surface area (Å²) >= 11 is 0. The molecule has 7 heteroatoms. The molecule has 0 unspecified atom stereocenters. The van der Waals surface area contributed by atoms with Gasteiger partial charge in [-0.2, -0.15) is 0 Å². The highest BCUT2D eigenvalue weighted by Gasteiger charge is 2.29. The maximum atomic E-state index is 12.6. The summed E-state index contributed by atoms with van der Waals surface area (Å²) in [6.45, 7) is 2.75. The van der Waals surface area contributed by atoms with Crippen LogP contribution in [0.25, 0.3) is 0 Å². The molecular weight excluding hydrogens is 346 g/mol. The quantitative estimate of drug-likeness (QED) is 0.900. The van der Waals surface area contributed by atoms with Crippen molar-refractivity contribution in [3.05, 3.63) is 48.0 Å². The Kier molecular flexibility index (Phi) is 5.49. The number of nitrogens with one attached hydrogen (secondary N) is 1. The minimum absolute atomic E-state index is 0.0130. The number of urea groups is 1. The van der Waals surface area contributed by atoms with Crippen molar-refractivity contribution < 1.29 is 19.1 Å². The van der Waals surface area contributed by atoms with Crippen molar-refractivity contribution in [2.24, 2.45) is 0 Å². The van der Waals surface area contributed by atoms with Gasteiger partial charge in [0.25, 0.3) is 0 Å². The molecule has 0 radical (unpaired) electrons. The first-order chi connectivity index (χ1) is 13.0. The van der Waals surface area contributed by atoms with Crippen LogP contribution in [0.15, 0.2) is 42.5 Å². The number of anilines is 2. The van der Waals surface area contributed by atoms with Gasteiger partial charge in [-0.25, -0.2) is 4.79 Å². The average Bonchev–Trinajstić information content (AvgIpc) is 2.69. The maximum Gasteiger partial charge on any atom is 0.322 e. The van der Waals surface area contributed by atoms with Crippen LogP contribution in [0.2, 0.25) is 0 Å². The van der Waals surface area contributed by atoms with E-state index in [1.54, 1.807) is 31.3 Å². The van der Waals surface area contributed by atoms with Crippen LogP contribution in [0.4, 0.5) is 16.2 Å². The Morgan fingerprint density at radius 3 is 2.52 bits per heavy atom. The molecule has 1 heterocycles. The van der Waals surface area contributed by atoms with Crippen LogP contribution >= 0.6 is 0 Å². The van der Waals surface area contributed by atoms with E-state index in [4.69, 9.17) is 9.47 Å². The highest BCUT2D eigenvalue weighted by molar-refractivity contribution is 6.00. The van der Waals surface area contributed by atoms with E-state index < -0.39 is 0 Å². The molecule has 1 fully saturated rings. The number of amides is 3. The lowest BCUT2D eigenvalue weighted by Gasteiger charge is -2.34. The SMILES string of the molecule is COc1ccc(NC(=O)N2CCN(c3ccccc3OC)C(=O)C2)c(C)c1. The molecule has 27 heavy (non-hydrogen) atoms. The molecule has 0 aliphatic carbocycles. The van der Waals surface area contributed by atoms with Gasteiger partial charge in [-0.05, 0) is 42.8 Å². The Balaban J connectivity index is 1.67. The van der Waals surface area contributed by atoms with Gasteiger partial charge in [0.2, 0.25) is 5.91 Å². The molecule has 3 amide bonds. The lowest BCUT2D eigenvalue weighted by Crippen LogP contribution is -2.53. The Labute approximate surface area is 158 Å². The van der Waals surface area contributed by atoms with Gasteiger partial charge >= 0.3 is 6.03 Å². The van der Waals surface area contributed by atoms with Crippen LogP contribution in [-0.4, -0.2) is 50.7 Å². The van der Waals surface area contributed by atoms with Crippen molar-refractivity contribution >= 4 is 23.3 Å². The number of rotatable bonds is 4. The van der Waals surface area contributed by atoms with Crippen LogP contribution in [0, 0.1) is 6.92 Å². The second-order valence-electron chi connectivity index (χ2n) is 6.25. The number of ether oxygens (including phenoxy) is 2. The minimum Gasteiger partial charge on any atom is -0.497 e. The third kappa shape index (κ3) is 3.97. The number of carbonyl (C=O) groups is 2. The molecule has 7 nitrogen and oxygen atoms in total. The molecule has 1 aliphatic rings. The molecule has 1 saturated heterocycles. The first kappa shape index (κ1) is 18.6. The van der Waals surface area contributed by atoms with Gasteiger partial charge in [-0.3, -0.25) is 4.79 Å². The average molecular weight is 369 g/mol. The zero-order valence-corrected chi connectivity index (χ0v) is 15.7. The number of benzene rings is 2. The summed E-state index contributed by atoms with van der Waals surface area (Å²) in [4.78, 5) is 28.4. The topological polar surface area (TPSA) is 71.1 Å². The summed E-state index contributed by atoms with van der Waals surface area (Å²) < 4.78 is 10.5. The number of methoxy groups -OCH3 is 2. The first-order valence-electron chi connectivity index (χ1n) is 8.67. The fraction of sp³-hybridized carbons (Fsp3) is 0.300. The molecule has 0 saturated carbocycles. The molecule has 0 bridgehead atoms. The van der Waals surface area contributed by atoms with Crippen molar-refractivity contribution in [3.63, 3.8) is 0 Å². The van der Waals surface area contributed by atoms with E-state index in [-0.39, 0.29) is 18.5 Å². The van der Waals surface area contributed by atoms with Gasteiger partial charge in [-0.15, -0.1) is 0 Å². The highest BCUT2D eigenvalue weighted by atomic mass is 16.5. The van der Waals surface area contributed by atoms with Crippen LogP contribution < -0.4 is 19.7 Å². The summed E-state index contributed by atoms with van der Waals surface area (Å²) in [6.07, 6.45) is 0. The molecule has 3 rings (SSSR count). The number of nitrogens with zero attached hydrogens (tertiary/aromatic N) is 2. The van der Waals surface area contributed by atoms with Gasteiger partial charge < -0.3 is 24.6 Å². The summed E-state index contributed by atoms with van der Waals surface area (Å²) in [7, 11) is 3.17. The van der Waals surface area contributed by atoms with Crippen molar-refractivity contribution in [1.29, 1.82) is 0 Å². The molecular formula is C20H23N3O4. The third-order valence-electron chi connectivity index (χ3n) is 4.56. The summed E-state index contributed by atoms with van der Waals surface area (Å²) in [5.74, 6) is 1.22. The summed E-state index contributed by atoms with van der Waals surface area (Å²) in [5.41, 5.74) is 2.30. The molecule has 1 N–H and O–H groups in total. The molecule has 0 spiro atoms. The lowest BCUT2D eigenvalue weighted by molar-refractivity contribution is -0.120. The molecule has 0 atom stereocenters. The second kappa shape index (κ2) is 7.99. The third-order valence-corrected chi connectivity index (χ3v) is 4.56. The normalized spacial score (nSPS) is 14.1. The van der Waals surface area contributed by atoms with E-state index in [0.717, 1.165) is 17.0 Å². The molecule has 1 aliphatic heterocycles. The summed E-state index contributed by atoms with van der Waals surface area (Å²) in [5, 5.41) is 2.86. The Bertz CT molecular complexity index is 853. The fourth-order valence-electron chi connectivity index (χ4n) is 3.05. The number of hydrogen-bond acceptors (Lipinski definition) is 4. The van der Waals surface area contributed by atoms with Crippen molar-refractivity contribution in [2.45, 2.75) is 6.92 Å². The van der Waals surface area contributed by atoms with Gasteiger partial charge in [0, 0.05) is 18.8 Å². The second-order valence-corrected chi connectivity index (χ2v) is 6.25. The van der Waals surface area contributed by atoms with Crippen LogP contribution in [0.5, 0.6) is 11.5 Å². The lowest BCUT2D eigenvalue weighted by atomic mass is 10.2. The number of piperazine rings is 1. The number of aryl methyl sites for hydroxylation is 1. The predicted molar refractivity (Wildman–Crippen MR) is 104 cm³/mol. The van der Waals surface area contributed by atoms with E-state index >= 15 is 0 Å². The van der Waals surface area contributed by atoms with Gasteiger partial charge in [-0.1, -0.05) is 12.1 Å². The van der Waals surface area contributed by atoms with E-state index in [2.05, 4.69) is 5.32 Å². The van der Waals surface area contributed by atoms with E-state index in [9.17, 15) is 9.59 Å². The van der Waals surface area contributed by atoms with Crippen LogP contribution in [0.3, 0.4) is 0 Å². The molecule has 2 aromatic carbocycles. The largest absolute Gasteiger partial charge is 0.497 e. The Morgan fingerprint density at radius 2 is 1.85 bits per heavy atom. The molecule has 142 valence electrons. The Hall–Kier alpha value is -3.22. The highest BCUT2D eigenvalue weighted by Crippen LogP contribution is 2.29. The zero-order valence-electron chi connectivity index (χ0n) is 15.7. The van der Waals surface area contributed by atoms with E-state index in [0.29, 0.717) is 24.5 Å². The number of carbonyl (C=O) groups excluding carboxylic acids is 2. The Morgan fingerprint density at radius 1 is 1.07 bits per heavy atom. The van der Waals surface area contributed by atoms with Crippen molar-refractivity contribution in [2.75, 3.05) is 44.1 Å². The van der Waals surface area contributed by atoms with Gasteiger partial charge in [0.15, 0.2) is 0 Å². The van der Waals surface area contributed by atoms with Crippen LogP contribution in [0.1, 0.15) is 5.56 Å².